The first-order valence-electron chi connectivity index (χ1n) is 12.3. The van der Waals surface area contributed by atoms with Crippen LogP contribution in [0.1, 0.15) is 17.3 Å². The van der Waals surface area contributed by atoms with Crippen molar-refractivity contribution in [2.24, 2.45) is 0 Å². The number of hydrogen-bond acceptors (Lipinski definition) is 8. The molecule has 1 amide bonds. The number of amides is 1. The maximum atomic E-state index is 13.3. The highest BCUT2D eigenvalue weighted by Crippen LogP contribution is 2.38. The topological polar surface area (TPSA) is 125 Å². The summed E-state index contributed by atoms with van der Waals surface area (Å²) < 4.78 is 45.2. The molecule has 2 aromatic heterocycles. The standard InChI is InChI=1S/C26H27F3N8O2/c1-15(26(27,28)29)39-21-13-17(11-19-23(21)24(30)35-34-19)16-3-4-18(25(38)31-2)20(12-16)36-7-9-37(10-8-36)22-14-32-5-6-33-22/h3-6,11-15H,7-10H2,1-2H3,(H,31,38)(H3,30,34,35). The predicted molar refractivity (Wildman–Crippen MR) is 142 cm³/mol. The molecular weight excluding hydrogens is 513 g/mol. The number of aromatic nitrogens is 4. The number of alkyl halides is 3. The number of anilines is 3. The average molecular weight is 541 g/mol. The smallest absolute Gasteiger partial charge is 0.425 e. The van der Waals surface area contributed by atoms with E-state index in [1.165, 1.54) is 6.07 Å². The van der Waals surface area contributed by atoms with Crippen LogP contribution in [0.25, 0.3) is 22.0 Å². The van der Waals surface area contributed by atoms with Gasteiger partial charge in [-0.25, -0.2) is 4.98 Å². The number of aromatic amines is 1. The van der Waals surface area contributed by atoms with E-state index in [1.807, 2.05) is 6.07 Å². The molecule has 5 rings (SSSR count). The van der Waals surface area contributed by atoms with Crippen LogP contribution in [0.15, 0.2) is 48.9 Å². The minimum absolute atomic E-state index is 0.0342. The number of piperazine rings is 1. The summed E-state index contributed by atoms with van der Waals surface area (Å²) >= 11 is 0. The Morgan fingerprint density at radius 1 is 1.10 bits per heavy atom. The summed E-state index contributed by atoms with van der Waals surface area (Å²) in [6.07, 6.45) is -1.63. The summed E-state index contributed by atoms with van der Waals surface area (Å²) in [6, 6.07) is 8.58. The number of ether oxygens (including phenoxy) is 1. The van der Waals surface area contributed by atoms with Crippen molar-refractivity contribution < 1.29 is 22.7 Å². The van der Waals surface area contributed by atoms with Gasteiger partial charge in [-0.2, -0.15) is 18.3 Å². The van der Waals surface area contributed by atoms with Crippen LogP contribution in [0.2, 0.25) is 0 Å². The summed E-state index contributed by atoms with van der Waals surface area (Å²) in [5.74, 6) is 0.545. The van der Waals surface area contributed by atoms with Crippen molar-refractivity contribution in [1.29, 1.82) is 0 Å². The lowest BCUT2D eigenvalue weighted by atomic mass is 9.99. The third kappa shape index (κ3) is 5.24. The SMILES string of the molecule is CNC(=O)c1ccc(-c2cc(OC(C)C(F)(F)F)c3c(N)n[nH]c3c2)cc1N1CCN(c2cnccn2)CC1. The van der Waals surface area contributed by atoms with Gasteiger partial charge in [0.1, 0.15) is 11.6 Å². The van der Waals surface area contributed by atoms with Crippen molar-refractivity contribution in [3.05, 3.63) is 54.5 Å². The Labute approximate surface area is 222 Å². The first-order chi connectivity index (χ1) is 18.7. The quantitative estimate of drug-likeness (QED) is 0.339. The number of H-pyrrole nitrogens is 1. The Morgan fingerprint density at radius 3 is 2.51 bits per heavy atom. The molecule has 4 N–H and O–H groups in total. The highest BCUT2D eigenvalue weighted by molar-refractivity contribution is 6.01. The summed E-state index contributed by atoms with van der Waals surface area (Å²) in [5, 5.41) is 9.66. The fraction of sp³-hybridized carbons (Fsp3) is 0.308. The van der Waals surface area contributed by atoms with Gasteiger partial charge in [-0.05, 0) is 42.3 Å². The van der Waals surface area contributed by atoms with Crippen LogP contribution >= 0.6 is 0 Å². The Hall–Kier alpha value is -4.55. The molecule has 0 aliphatic carbocycles. The normalized spacial score (nSPS) is 14.9. The number of rotatable bonds is 6. The molecule has 13 heteroatoms. The number of halogens is 3. The van der Waals surface area contributed by atoms with Gasteiger partial charge in [-0.15, -0.1) is 0 Å². The third-order valence-electron chi connectivity index (χ3n) is 6.72. The van der Waals surface area contributed by atoms with Crippen LogP contribution < -0.4 is 25.6 Å². The Kier molecular flexibility index (Phi) is 6.89. The van der Waals surface area contributed by atoms with Crippen molar-refractivity contribution in [2.75, 3.05) is 48.8 Å². The average Bonchev–Trinajstić information content (AvgIpc) is 3.33. The van der Waals surface area contributed by atoms with Crippen LogP contribution in [-0.2, 0) is 0 Å². The van der Waals surface area contributed by atoms with Crippen LogP contribution in [0.3, 0.4) is 0 Å². The first-order valence-corrected chi connectivity index (χ1v) is 12.3. The maximum absolute atomic E-state index is 13.3. The molecule has 39 heavy (non-hydrogen) atoms. The van der Waals surface area contributed by atoms with Gasteiger partial charge in [0.05, 0.1) is 28.4 Å². The van der Waals surface area contributed by atoms with Crippen LogP contribution in [0, 0.1) is 0 Å². The van der Waals surface area contributed by atoms with E-state index in [9.17, 15) is 18.0 Å². The number of carbonyl (C=O) groups excluding carboxylic acids is 1. The third-order valence-corrected chi connectivity index (χ3v) is 6.72. The molecule has 204 valence electrons. The lowest BCUT2D eigenvalue weighted by molar-refractivity contribution is -0.188. The number of fused-ring (bicyclic) bond motifs is 1. The molecule has 3 heterocycles. The minimum Gasteiger partial charge on any atom is -0.480 e. The van der Waals surface area contributed by atoms with Gasteiger partial charge in [0, 0.05) is 45.6 Å². The van der Waals surface area contributed by atoms with Gasteiger partial charge in [-0.3, -0.25) is 14.9 Å². The molecule has 1 unspecified atom stereocenters. The zero-order valence-electron chi connectivity index (χ0n) is 21.3. The second-order valence-corrected chi connectivity index (χ2v) is 9.16. The van der Waals surface area contributed by atoms with Gasteiger partial charge in [0.15, 0.2) is 11.9 Å². The van der Waals surface area contributed by atoms with E-state index in [2.05, 4.69) is 35.3 Å². The summed E-state index contributed by atoms with van der Waals surface area (Å²) in [6.45, 7) is 3.52. The fourth-order valence-electron chi connectivity index (χ4n) is 4.59. The van der Waals surface area contributed by atoms with Crippen molar-refractivity contribution in [3.8, 4) is 16.9 Å². The zero-order valence-corrected chi connectivity index (χ0v) is 21.3. The van der Waals surface area contributed by atoms with Crippen molar-refractivity contribution in [3.63, 3.8) is 0 Å². The van der Waals surface area contributed by atoms with Crippen molar-refractivity contribution in [2.45, 2.75) is 19.2 Å². The van der Waals surface area contributed by atoms with Gasteiger partial charge < -0.3 is 25.6 Å². The second-order valence-electron chi connectivity index (χ2n) is 9.16. The van der Waals surface area contributed by atoms with E-state index in [0.29, 0.717) is 54.1 Å². The van der Waals surface area contributed by atoms with Gasteiger partial charge in [-0.1, -0.05) is 6.07 Å². The summed E-state index contributed by atoms with van der Waals surface area (Å²) in [7, 11) is 1.56. The molecule has 4 aromatic rings. The molecule has 1 aliphatic heterocycles. The van der Waals surface area contributed by atoms with Crippen LogP contribution in [-0.4, -0.2) is 71.6 Å². The predicted octanol–water partition coefficient (Wildman–Crippen LogP) is 3.62. The Bertz CT molecular complexity index is 1480. The maximum Gasteiger partial charge on any atom is 0.425 e. The fourth-order valence-corrected chi connectivity index (χ4v) is 4.59. The highest BCUT2D eigenvalue weighted by atomic mass is 19.4. The van der Waals surface area contributed by atoms with Gasteiger partial charge in [0.25, 0.3) is 5.91 Å². The lowest BCUT2D eigenvalue weighted by Crippen LogP contribution is -2.47. The highest BCUT2D eigenvalue weighted by Gasteiger charge is 2.38. The summed E-state index contributed by atoms with van der Waals surface area (Å²) in [4.78, 5) is 25.5. The molecular formula is C26H27F3N8O2. The van der Waals surface area contributed by atoms with Crippen LogP contribution in [0.4, 0.5) is 30.5 Å². The van der Waals surface area contributed by atoms with Gasteiger partial charge in [0.2, 0.25) is 0 Å². The molecule has 2 aromatic carbocycles. The number of nitrogens with zero attached hydrogens (tertiary/aromatic N) is 5. The Balaban J connectivity index is 1.51. The second kappa shape index (κ2) is 10.3. The Morgan fingerprint density at radius 2 is 1.85 bits per heavy atom. The first kappa shape index (κ1) is 26.1. The number of nitrogens with two attached hydrogens (primary N) is 1. The molecule has 0 radical (unpaired) electrons. The number of nitrogens with one attached hydrogen (secondary N) is 2. The monoisotopic (exact) mass is 540 g/mol. The van der Waals surface area contributed by atoms with Crippen molar-refractivity contribution >= 4 is 34.1 Å². The summed E-state index contributed by atoms with van der Waals surface area (Å²) in [5.41, 5.74) is 8.83. The van der Waals surface area contributed by atoms with E-state index in [-0.39, 0.29) is 22.9 Å². The number of benzene rings is 2. The van der Waals surface area contributed by atoms with Crippen LogP contribution in [0.5, 0.6) is 5.75 Å². The number of hydrogen-bond donors (Lipinski definition) is 3. The number of carbonyl (C=O) groups is 1. The molecule has 10 nitrogen and oxygen atoms in total. The molecule has 1 fully saturated rings. The van der Waals surface area contributed by atoms with E-state index < -0.39 is 12.3 Å². The molecule has 1 atom stereocenters. The van der Waals surface area contributed by atoms with E-state index >= 15 is 0 Å². The lowest BCUT2D eigenvalue weighted by Gasteiger charge is -2.37. The van der Waals surface area contributed by atoms with Crippen molar-refractivity contribution in [1.82, 2.24) is 25.5 Å². The molecule has 1 saturated heterocycles. The molecule has 0 spiro atoms. The van der Waals surface area contributed by atoms with E-state index in [0.717, 1.165) is 12.7 Å². The molecule has 0 saturated carbocycles. The van der Waals surface area contributed by atoms with Gasteiger partial charge >= 0.3 is 6.18 Å². The minimum atomic E-state index is -4.56. The zero-order chi connectivity index (χ0) is 27.7. The number of nitrogen functional groups attached to an aromatic ring is 1. The molecule has 1 aliphatic rings. The largest absolute Gasteiger partial charge is 0.480 e. The molecule has 0 bridgehead atoms. The van der Waals surface area contributed by atoms with E-state index in [1.54, 1.807) is 43.8 Å². The van der Waals surface area contributed by atoms with E-state index in [4.69, 9.17) is 10.5 Å².